The summed E-state index contributed by atoms with van der Waals surface area (Å²) < 4.78 is 11.0. The number of likely N-dealkylation sites (N-methyl/N-ethyl adjacent to an activating group) is 1. The normalized spacial score (nSPS) is 31.9. The van der Waals surface area contributed by atoms with Crippen molar-refractivity contribution >= 4 is 5.91 Å². The lowest BCUT2D eigenvalue weighted by Crippen LogP contribution is -2.60. The van der Waals surface area contributed by atoms with Gasteiger partial charge in [-0.3, -0.25) is 14.6 Å². The number of carbonyl (C=O) groups excluding carboxylic acids is 1. The molecule has 0 radical (unpaired) electrons. The molecule has 3 heterocycles. The van der Waals surface area contributed by atoms with Crippen LogP contribution in [0.2, 0.25) is 0 Å². The molecule has 0 unspecified atom stereocenters. The van der Waals surface area contributed by atoms with Crippen molar-refractivity contribution in [1.82, 2.24) is 15.1 Å². The fourth-order valence-electron chi connectivity index (χ4n) is 4.52. The van der Waals surface area contributed by atoms with Gasteiger partial charge < -0.3 is 14.8 Å². The van der Waals surface area contributed by atoms with Crippen molar-refractivity contribution in [2.24, 2.45) is 0 Å². The van der Waals surface area contributed by atoms with Crippen LogP contribution in [0.4, 0.5) is 0 Å². The molecule has 3 aliphatic heterocycles. The Labute approximate surface area is 145 Å². The van der Waals surface area contributed by atoms with Crippen LogP contribution in [-0.4, -0.2) is 86.9 Å². The van der Waals surface area contributed by atoms with E-state index in [9.17, 15) is 4.79 Å². The van der Waals surface area contributed by atoms with Crippen LogP contribution >= 0.6 is 0 Å². The van der Waals surface area contributed by atoms with Crippen LogP contribution < -0.4 is 5.32 Å². The number of piperidine rings is 1. The number of rotatable bonds is 5. The Kier molecular flexibility index (Phi) is 6.13. The summed E-state index contributed by atoms with van der Waals surface area (Å²) in [5, 5.41) is 3.27. The van der Waals surface area contributed by atoms with Gasteiger partial charge in [-0.15, -0.1) is 0 Å². The van der Waals surface area contributed by atoms with Crippen molar-refractivity contribution < 1.29 is 14.3 Å². The highest BCUT2D eigenvalue weighted by Crippen LogP contribution is 2.30. The van der Waals surface area contributed by atoms with Gasteiger partial charge in [-0.2, -0.15) is 0 Å². The van der Waals surface area contributed by atoms with E-state index in [1.54, 1.807) is 7.11 Å². The maximum absolute atomic E-state index is 12.7. The summed E-state index contributed by atoms with van der Waals surface area (Å²) in [5.74, 6) is 0.153. The Morgan fingerprint density at radius 2 is 1.96 bits per heavy atom. The zero-order valence-electron chi connectivity index (χ0n) is 15.3. The number of nitrogens with one attached hydrogen (secondary N) is 1. The van der Waals surface area contributed by atoms with Crippen LogP contribution in [0, 0.1) is 0 Å². The van der Waals surface area contributed by atoms with E-state index < -0.39 is 0 Å². The average Bonchev–Trinajstić information content (AvgIpc) is 3.02. The highest BCUT2D eigenvalue weighted by Gasteiger charge is 2.41. The molecule has 0 aromatic heterocycles. The third-order valence-electron chi connectivity index (χ3n) is 6.19. The Hall–Kier alpha value is -0.690. The van der Waals surface area contributed by atoms with Gasteiger partial charge in [0.25, 0.3) is 0 Å². The zero-order valence-corrected chi connectivity index (χ0v) is 15.3. The van der Waals surface area contributed by atoms with Crippen molar-refractivity contribution in [3.63, 3.8) is 0 Å². The third-order valence-corrected chi connectivity index (χ3v) is 6.19. The van der Waals surface area contributed by atoms with Crippen molar-refractivity contribution in [2.45, 2.75) is 56.2 Å². The standard InChI is InChI=1S/C18H33N3O3/c1-20-13-15(23-2)12-16(20)17(22)19-14-18(6-10-24-11-7-18)21-8-4-3-5-9-21/h15-16H,3-14H2,1-2H3,(H,19,22)/t15-,16-/m0/s1. The zero-order chi connectivity index (χ0) is 17.0. The van der Waals surface area contributed by atoms with E-state index in [4.69, 9.17) is 9.47 Å². The SMILES string of the molecule is CO[C@H]1C[C@@H](C(=O)NCC2(N3CCCCC3)CCOCC2)N(C)C1. The lowest BCUT2D eigenvalue weighted by molar-refractivity contribution is -0.126. The summed E-state index contributed by atoms with van der Waals surface area (Å²) in [6.07, 6.45) is 6.89. The Balaban J connectivity index is 1.60. The first-order chi connectivity index (χ1) is 11.6. The van der Waals surface area contributed by atoms with Crippen LogP contribution in [0.3, 0.4) is 0 Å². The number of amides is 1. The summed E-state index contributed by atoms with van der Waals surface area (Å²) in [6, 6.07) is -0.0619. The second-order valence-electron chi connectivity index (χ2n) is 7.65. The number of likely N-dealkylation sites (tertiary alicyclic amines) is 2. The van der Waals surface area contributed by atoms with E-state index in [2.05, 4.69) is 15.1 Å². The molecule has 3 rings (SSSR count). The first-order valence-corrected chi connectivity index (χ1v) is 9.48. The van der Waals surface area contributed by atoms with Gasteiger partial charge in [0.15, 0.2) is 0 Å². The van der Waals surface area contributed by atoms with Crippen molar-refractivity contribution in [2.75, 3.05) is 53.6 Å². The highest BCUT2D eigenvalue weighted by atomic mass is 16.5. The van der Waals surface area contributed by atoms with E-state index in [-0.39, 0.29) is 23.6 Å². The minimum Gasteiger partial charge on any atom is -0.381 e. The predicted molar refractivity (Wildman–Crippen MR) is 93.0 cm³/mol. The smallest absolute Gasteiger partial charge is 0.237 e. The first kappa shape index (κ1) is 18.1. The van der Waals surface area contributed by atoms with Crippen molar-refractivity contribution in [3.05, 3.63) is 0 Å². The lowest BCUT2D eigenvalue weighted by Gasteiger charge is -2.48. The number of hydrogen-bond donors (Lipinski definition) is 1. The monoisotopic (exact) mass is 339 g/mol. The van der Waals surface area contributed by atoms with Crippen molar-refractivity contribution in [1.29, 1.82) is 0 Å². The Bertz CT molecular complexity index is 420. The van der Waals surface area contributed by atoms with Gasteiger partial charge >= 0.3 is 0 Å². The Morgan fingerprint density at radius 1 is 1.25 bits per heavy atom. The van der Waals surface area contributed by atoms with Gasteiger partial charge in [-0.05, 0) is 52.2 Å². The first-order valence-electron chi connectivity index (χ1n) is 9.48. The number of nitrogens with zero attached hydrogens (tertiary/aromatic N) is 2. The number of methoxy groups -OCH3 is 1. The largest absolute Gasteiger partial charge is 0.381 e. The second kappa shape index (κ2) is 8.13. The molecule has 3 aliphatic rings. The topological polar surface area (TPSA) is 54.0 Å². The molecule has 1 amide bonds. The lowest BCUT2D eigenvalue weighted by atomic mass is 9.86. The highest BCUT2D eigenvalue weighted by molar-refractivity contribution is 5.82. The van der Waals surface area contributed by atoms with Gasteiger partial charge in [0.05, 0.1) is 12.1 Å². The molecule has 0 bridgehead atoms. The molecular formula is C18H33N3O3. The molecule has 0 aliphatic carbocycles. The fraction of sp³-hybridized carbons (Fsp3) is 0.944. The Morgan fingerprint density at radius 3 is 2.58 bits per heavy atom. The average molecular weight is 339 g/mol. The quantitative estimate of drug-likeness (QED) is 0.805. The minimum atomic E-state index is -0.0619. The number of carbonyl (C=O) groups is 1. The molecule has 3 fully saturated rings. The van der Waals surface area contributed by atoms with Gasteiger partial charge in [-0.25, -0.2) is 0 Å². The molecule has 6 heteroatoms. The summed E-state index contributed by atoms with van der Waals surface area (Å²) >= 11 is 0. The van der Waals surface area contributed by atoms with Crippen LogP contribution in [-0.2, 0) is 14.3 Å². The van der Waals surface area contributed by atoms with Crippen LogP contribution in [0.5, 0.6) is 0 Å². The molecule has 0 saturated carbocycles. The molecule has 138 valence electrons. The van der Waals surface area contributed by atoms with Gasteiger partial charge in [0.2, 0.25) is 5.91 Å². The molecular weight excluding hydrogens is 306 g/mol. The van der Waals surface area contributed by atoms with Crippen molar-refractivity contribution in [3.8, 4) is 0 Å². The number of hydrogen-bond acceptors (Lipinski definition) is 5. The maximum Gasteiger partial charge on any atom is 0.237 e. The molecule has 0 aromatic rings. The summed E-state index contributed by atoms with van der Waals surface area (Å²) in [5.41, 5.74) is 0.0894. The maximum atomic E-state index is 12.7. The summed E-state index contributed by atoms with van der Waals surface area (Å²) in [7, 11) is 3.74. The van der Waals surface area contributed by atoms with E-state index >= 15 is 0 Å². The fourth-order valence-corrected chi connectivity index (χ4v) is 4.52. The summed E-state index contributed by atoms with van der Waals surface area (Å²) in [4.78, 5) is 17.5. The van der Waals surface area contributed by atoms with Crippen LogP contribution in [0.15, 0.2) is 0 Å². The van der Waals surface area contributed by atoms with E-state index in [0.717, 1.165) is 58.7 Å². The van der Waals surface area contributed by atoms with Crippen LogP contribution in [0.1, 0.15) is 38.5 Å². The molecule has 24 heavy (non-hydrogen) atoms. The minimum absolute atomic E-state index is 0.0619. The third kappa shape index (κ3) is 3.93. The predicted octanol–water partition coefficient (Wildman–Crippen LogP) is 0.857. The second-order valence-corrected chi connectivity index (χ2v) is 7.65. The van der Waals surface area contributed by atoms with Gasteiger partial charge in [0.1, 0.15) is 0 Å². The molecule has 3 saturated heterocycles. The van der Waals surface area contributed by atoms with E-state index in [1.807, 2.05) is 7.05 Å². The van der Waals surface area contributed by atoms with Gasteiger partial charge in [-0.1, -0.05) is 6.42 Å². The molecule has 2 atom stereocenters. The van der Waals surface area contributed by atoms with E-state index in [1.165, 1.54) is 19.3 Å². The van der Waals surface area contributed by atoms with Crippen LogP contribution in [0.25, 0.3) is 0 Å². The van der Waals surface area contributed by atoms with E-state index in [0.29, 0.717) is 0 Å². The molecule has 1 N–H and O–H groups in total. The molecule has 6 nitrogen and oxygen atoms in total. The molecule has 0 aromatic carbocycles. The van der Waals surface area contributed by atoms with Gasteiger partial charge in [0, 0.05) is 39.0 Å². The summed E-state index contributed by atoms with van der Waals surface area (Å²) in [6.45, 7) is 5.51. The number of ether oxygens (including phenoxy) is 2. The molecule has 0 spiro atoms.